The van der Waals surface area contributed by atoms with E-state index in [1.54, 1.807) is 0 Å². The minimum atomic E-state index is -0.313. The Morgan fingerprint density at radius 2 is 1.96 bits per heavy atom. The number of rotatable bonds is 0. The van der Waals surface area contributed by atoms with E-state index >= 15 is 0 Å². The summed E-state index contributed by atoms with van der Waals surface area (Å²) < 4.78 is 12.6. The maximum absolute atomic E-state index is 12.1. The van der Waals surface area contributed by atoms with Crippen molar-refractivity contribution in [1.82, 2.24) is 0 Å². The Balaban J connectivity index is 1.45. The summed E-state index contributed by atoms with van der Waals surface area (Å²) in [5.74, 6) is 0.907. The number of fused-ring (bicyclic) bond motifs is 4. The number of nitrogens with two attached hydrogens (primary N) is 1. The Hall–Kier alpha value is -1.20. The molecule has 8 atom stereocenters. The molecular weight excluding hydrogens is 342 g/mol. The third-order valence-electron chi connectivity index (χ3n) is 9.75. The highest BCUT2D eigenvalue weighted by Gasteiger charge is 2.82. The van der Waals surface area contributed by atoms with Gasteiger partial charge in [0.1, 0.15) is 11.2 Å². The fourth-order valence-corrected chi connectivity index (χ4v) is 8.36. The highest BCUT2D eigenvalue weighted by molar-refractivity contribution is 5.92. The van der Waals surface area contributed by atoms with E-state index in [9.17, 15) is 9.59 Å². The van der Waals surface area contributed by atoms with Gasteiger partial charge in [-0.15, -0.1) is 0 Å². The first-order valence-corrected chi connectivity index (χ1v) is 10.6. The highest BCUT2D eigenvalue weighted by Crippen LogP contribution is 2.77. The van der Waals surface area contributed by atoms with Crippen LogP contribution in [-0.2, 0) is 19.1 Å². The number of carbonyl (C=O) groups excluding carboxylic acids is 2. The van der Waals surface area contributed by atoms with Gasteiger partial charge >= 0.3 is 5.97 Å². The molecule has 5 fully saturated rings. The van der Waals surface area contributed by atoms with Gasteiger partial charge in [-0.1, -0.05) is 19.4 Å². The zero-order chi connectivity index (χ0) is 18.8. The van der Waals surface area contributed by atoms with Crippen LogP contribution in [0, 0.1) is 22.7 Å². The number of ketones is 1. The topological polar surface area (TPSA) is 81.9 Å². The minimum absolute atomic E-state index is 0.0112. The molecule has 0 aromatic carbocycles. The quantitative estimate of drug-likeness (QED) is 0.523. The van der Waals surface area contributed by atoms with E-state index in [1.807, 2.05) is 6.08 Å². The molecule has 5 nitrogen and oxygen atoms in total. The first kappa shape index (κ1) is 16.7. The molecule has 3 saturated carbocycles. The zero-order valence-corrected chi connectivity index (χ0v) is 16.3. The number of ether oxygens (including phenoxy) is 2. The lowest BCUT2D eigenvalue weighted by molar-refractivity contribution is -0.164. The molecule has 4 unspecified atom stereocenters. The summed E-state index contributed by atoms with van der Waals surface area (Å²) in [5.41, 5.74) is 7.37. The van der Waals surface area contributed by atoms with Crippen LogP contribution in [0.5, 0.6) is 0 Å². The van der Waals surface area contributed by atoms with E-state index in [-0.39, 0.29) is 51.8 Å². The number of carbonyl (C=O) groups is 2. The van der Waals surface area contributed by atoms with Crippen molar-refractivity contribution in [3.05, 3.63) is 11.6 Å². The lowest BCUT2D eigenvalue weighted by Crippen LogP contribution is -2.65. The SMILES string of the molecule is C[C@]12CCC(=O)C=C1CC(N)C1C3CC[C@@]4(CCC(=O)O4)[C@@]3(C)C[C@@H]3OC132. The van der Waals surface area contributed by atoms with E-state index in [1.165, 1.54) is 5.57 Å². The van der Waals surface area contributed by atoms with Crippen LogP contribution in [0.3, 0.4) is 0 Å². The smallest absolute Gasteiger partial charge is 0.306 e. The van der Waals surface area contributed by atoms with E-state index in [0.717, 1.165) is 38.5 Å². The summed E-state index contributed by atoms with van der Waals surface area (Å²) >= 11 is 0. The summed E-state index contributed by atoms with van der Waals surface area (Å²) in [4.78, 5) is 24.1. The number of esters is 1. The monoisotopic (exact) mass is 371 g/mol. The van der Waals surface area contributed by atoms with Crippen LogP contribution < -0.4 is 5.73 Å². The molecular formula is C22H29NO4. The summed E-state index contributed by atoms with van der Waals surface area (Å²) in [5, 5.41) is 0. The standard InChI is InChI=1S/C22H29NO4/c1-19-6-3-13(24)9-12(19)10-15(23)18-14-4-7-21(8-5-17(25)27-21)20(14,2)11-16-22(18,19)26-16/h9,14-16,18H,3-8,10-11,23H2,1-2H3/t14?,15?,16-,18?,19-,20-,21+,22?/m0/s1. The lowest BCUT2D eigenvalue weighted by atomic mass is 9.45. The molecule has 0 amide bonds. The minimum Gasteiger partial charge on any atom is -0.458 e. The molecule has 2 aliphatic heterocycles. The zero-order valence-electron chi connectivity index (χ0n) is 16.3. The van der Waals surface area contributed by atoms with Gasteiger partial charge in [0.25, 0.3) is 0 Å². The van der Waals surface area contributed by atoms with Gasteiger partial charge in [-0.3, -0.25) is 9.59 Å². The Kier molecular flexibility index (Phi) is 2.90. The molecule has 2 spiro atoms. The van der Waals surface area contributed by atoms with E-state index in [0.29, 0.717) is 18.8 Å². The summed E-state index contributed by atoms with van der Waals surface area (Å²) in [6.07, 6.45) is 8.69. The molecule has 2 saturated heterocycles. The van der Waals surface area contributed by atoms with Gasteiger partial charge in [-0.25, -0.2) is 0 Å². The maximum atomic E-state index is 12.1. The van der Waals surface area contributed by atoms with Gasteiger partial charge in [0.05, 0.1) is 6.10 Å². The molecule has 0 aromatic heterocycles. The fraction of sp³-hybridized carbons (Fsp3) is 0.818. The molecule has 2 N–H and O–H groups in total. The van der Waals surface area contributed by atoms with Crippen molar-refractivity contribution in [3.8, 4) is 0 Å². The van der Waals surface area contributed by atoms with Crippen molar-refractivity contribution in [3.63, 3.8) is 0 Å². The predicted octanol–water partition coefficient (Wildman–Crippen LogP) is 2.66. The largest absolute Gasteiger partial charge is 0.458 e. The van der Waals surface area contributed by atoms with E-state index in [4.69, 9.17) is 15.2 Å². The van der Waals surface area contributed by atoms with Crippen molar-refractivity contribution in [2.45, 2.75) is 88.6 Å². The highest BCUT2D eigenvalue weighted by atomic mass is 16.6. The molecule has 0 radical (unpaired) electrons. The first-order chi connectivity index (χ1) is 12.8. The van der Waals surface area contributed by atoms with Gasteiger partial charge in [-0.2, -0.15) is 0 Å². The van der Waals surface area contributed by atoms with Gasteiger partial charge in [0.15, 0.2) is 5.78 Å². The molecule has 5 heteroatoms. The van der Waals surface area contributed by atoms with Crippen molar-refractivity contribution in [2.75, 3.05) is 0 Å². The third kappa shape index (κ3) is 1.67. The molecule has 146 valence electrons. The molecule has 6 aliphatic rings. The van der Waals surface area contributed by atoms with Crippen LogP contribution in [0.2, 0.25) is 0 Å². The lowest BCUT2D eigenvalue weighted by Gasteiger charge is -2.58. The van der Waals surface area contributed by atoms with Crippen molar-refractivity contribution < 1.29 is 19.1 Å². The molecule has 6 rings (SSSR count). The van der Waals surface area contributed by atoms with E-state index in [2.05, 4.69) is 13.8 Å². The average molecular weight is 371 g/mol. The second-order valence-corrected chi connectivity index (χ2v) is 10.5. The van der Waals surface area contributed by atoms with Crippen LogP contribution in [0.4, 0.5) is 0 Å². The molecule has 4 aliphatic carbocycles. The first-order valence-electron chi connectivity index (χ1n) is 10.6. The molecule has 0 bridgehead atoms. The van der Waals surface area contributed by atoms with Crippen molar-refractivity contribution >= 4 is 11.8 Å². The Morgan fingerprint density at radius 3 is 2.70 bits per heavy atom. The fourth-order valence-electron chi connectivity index (χ4n) is 8.36. The van der Waals surface area contributed by atoms with Gasteiger partial charge < -0.3 is 15.2 Å². The van der Waals surface area contributed by atoms with Gasteiger partial charge in [-0.05, 0) is 50.5 Å². The van der Waals surface area contributed by atoms with Crippen LogP contribution >= 0.6 is 0 Å². The molecule has 0 aromatic rings. The summed E-state index contributed by atoms with van der Waals surface area (Å²) in [6.45, 7) is 4.65. The average Bonchev–Trinajstić information content (AvgIpc) is 3.09. The normalized spacial score (nSPS) is 58.1. The summed E-state index contributed by atoms with van der Waals surface area (Å²) in [6, 6.07) is 0.0112. The predicted molar refractivity (Wildman–Crippen MR) is 97.6 cm³/mol. The number of hydrogen-bond acceptors (Lipinski definition) is 5. The van der Waals surface area contributed by atoms with E-state index < -0.39 is 0 Å². The second-order valence-electron chi connectivity index (χ2n) is 10.5. The number of hydrogen-bond donors (Lipinski definition) is 1. The van der Waals surface area contributed by atoms with Crippen LogP contribution in [0.1, 0.15) is 65.2 Å². The Morgan fingerprint density at radius 1 is 1.15 bits per heavy atom. The third-order valence-corrected chi connectivity index (χ3v) is 9.75. The van der Waals surface area contributed by atoms with Crippen LogP contribution in [-0.4, -0.2) is 35.1 Å². The van der Waals surface area contributed by atoms with Gasteiger partial charge in [0.2, 0.25) is 0 Å². The number of epoxide rings is 1. The Bertz CT molecular complexity index is 806. The maximum Gasteiger partial charge on any atom is 0.306 e. The molecule has 27 heavy (non-hydrogen) atoms. The van der Waals surface area contributed by atoms with Crippen molar-refractivity contribution in [1.29, 1.82) is 0 Å². The molecule has 2 heterocycles. The second kappa shape index (κ2) is 4.68. The Labute approximate surface area is 160 Å². The van der Waals surface area contributed by atoms with Crippen molar-refractivity contribution in [2.24, 2.45) is 28.4 Å². The van der Waals surface area contributed by atoms with Crippen LogP contribution in [0.25, 0.3) is 0 Å². The summed E-state index contributed by atoms with van der Waals surface area (Å²) in [7, 11) is 0. The van der Waals surface area contributed by atoms with Gasteiger partial charge in [0, 0.05) is 35.6 Å². The van der Waals surface area contributed by atoms with Crippen LogP contribution in [0.15, 0.2) is 11.6 Å².